The molecule has 0 saturated carbocycles. The number of allylic oxidation sites excluding steroid dienone is 2. The molecule has 0 aliphatic heterocycles. The van der Waals surface area contributed by atoms with E-state index in [0.29, 0.717) is 7.35 Å². The molecular formula is C32H30HfSi. The Morgan fingerprint density at radius 3 is 1.32 bits per heavy atom. The van der Waals surface area contributed by atoms with Crippen LogP contribution in [0.1, 0.15) is 29.6 Å². The van der Waals surface area contributed by atoms with E-state index in [1.807, 2.05) is 0 Å². The third-order valence-corrected chi connectivity index (χ3v) is 57.5. The summed E-state index contributed by atoms with van der Waals surface area (Å²) < 4.78 is 6.64. The zero-order valence-electron chi connectivity index (χ0n) is 19.9. The molecule has 0 spiro atoms. The van der Waals surface area contributed by atoms with E-state index in [2.05, 4.69) is 143 Å². The van der Waals surface area contributed by atoms with Crippen LogP contribution in [0.4, 0.5) is 0 Å². The second-order valence-corrected chi connectivity index (χ2v) is 54.1. The third-order valence-electron chi connectivity index (χ3n) is 8.43. The Labute approximate surface area is 204 Å². The van der Waals surface area contributed by atoms with E-state index in [1.54, 1.807) is 21.5 Å². The fourth-order valence-electron chi connectivity index (χ4n) is 6.84. The molecule has 34 heavy (non-hydrogen) atoms. The molecule has 0 aromatic heterocycles. The standard InChI is InChI=1S/C12H10Si.2C9H7.2CH3.Hf/c1-3-7-11(8-4-1)13-12-9-5-2-6-10-12;2*1-2-5-9-7-3-6-8(9)4-1;;;/h1-10H;2*1-7H;2*1H3;. The topological polar surface area (TPSA) is 0 Å². The Morgan fingerprint density at radius 1 is 0.500 bits per heavy atom. The van der Waals surface area contributed by atoms with Crippen molar-refractivity contribution in [1.82, 2.24) is 0 Å². The molecule has 166 valence electrons. The van der Waals surface area contributed by atoms with E-state index in [-0.39, 0.29) is 0 Å². The van der Waals surface area contributed by atoms with Crippen molar-refractivity contribution in [2.45, 2.75) is 16.7 Å². The maximum absolute atomic E-state index is 4.01. The maximum atomic E-state index is 2.81. The molecular weight excluding hydrogens is 591 g/mol. The van der Waals surface area contributed by atoms with Gasteiger partial charge in [-0.3, -0.25) is 0 Å². The van der Waals surface area contributed by atoms with Gasteiger partial charge in [-0.25, -0.2) is 0 Å². The molecule has 2 atom stereocenters. The Balaban J connectivity index is 1.79. The molecule has 4 aromatic rings. The Bertz CT molecular complexity index is 1390. The van der Waals surface area contributed by atoms with Gasteiger partial charge < -0.3 is 0 Å². The van der Waals surface area contributed by atoms with E-state index in [1.165, 1.54) is 11.1 Å². The second kappa shape index (κ2) is 8.29. The molecule has 2 heteroatoms. The van der Waals surface area contributed by atoms with Gasteiger partial charge >= 0.3 is 205 Å². The van der Waals surface area contributed by atoms with Crippen LogP contribution in [-0.2, 0) is 17.1 Å². The molecule has 0 nitrogen and oxygen atoms in total. The first-order chi connectivity index (χ1) is 16.6. The molecule has 2 aliphatic rings. The average Bonchev–Trinajstić information content (AvgIpc) is 3.51. The van der Waals surface area contributed by atoms with Crippen LogP contribution >= 0.6 is 0 Å². The van der Waals surface area contributed by atoms with Gasteiger partial charge in [0.25, 0.3) is 0 Å². The second-order valence-electron chi connectivity index (χ2n) is 10.6. The number of benzene rings is 4. The van der Waals surface area contributed by atoms with E-state index in [9.17, 15) is 0 Å². The third kappa shape index (κ3) is 3.26. The van der Waals surface area contributed by atoms with Crippen molar-refractivity contribution in [1.29, 1.82) is 0 Å². The minimum atomic E-state index is -4.01. The van der Waals surface area contributed by atoms with E-state index in [4.69, 9.17) is 0 Å². The Kier molecular flexibility index (Phi) is 5.35. The van der Waals surface area contributed by atoms with Gasteiger partial charge in [0.05, 0.1) is 0 Å². The van der Waals surface area contributed by atoms with Crippen LogP contribution in [0.3, 0.4) is 0 Å². The molecule has 0 amide bonds. The Morgan fingerprint density at radius 2 is 0.882 bits per heavy atom. The van der Waals surface area contributed by atoms with Gasteiger partial charge in [-0.05, 0) is 0 Å². The molecule has 0 saturated heterocycles. The number of fused-ring (bicyclic) bond motifs is 2. The molecule has 4 aromatic carbocycles. The number of hydrogen-bond donors (Lipinski definition) is 0. The number of hydrogen-bond acceptors (Lipinski definition) is 0. The fourth-order valence-corrected chi connectivity index (χ4v) is 59.8. The normalized spacial score (nSPS) is 18.6. The van der Waals surface area contributed by atoms with Gasteiger partial charge in [0.1, 0.15) is 0 Å². The molecule has 6 rings (SSSR count). The zero-order chi connectivity index (χ0) is 23.2. The predicted molar refractivity (Wildman–Crippen MR) is 146 cm³/mol. The van der Waals surface area contributed by atoms with Crippen molar-refractivity contribution < 1.29 is 17.1 Å². The number of rotatable bonds is 4. The van der Waals surface area contributed by atoms with Gasteiger partial charge in [0, 0.05) is 0 Å². The van der Waals surface area contributed by atoms with Crippen molar-refractivity contribution in [3.63, 3.8) is 0 Å². The van der Waals surface area contributed by atoms with Crippen molar-refractivity contribution in [2.24, 2.45) is 0 Å². The molecule has 2 unspecified atom stereocenters. The summed E-state index contributed by atoms with van der Waals surface area (Å²) in [5.41, 5.74) is 4.86. The molecule has 2 aliphatic carbocycles. The summed E-state index contributed by atoms with van der Waals surface area (Å²) in [4.78, 5) is 0. The molecule has 0 bridgehead atoms. The van der Waals surface area contributed by atoms with Gasteiger partial charge in [-0.2, -0.15) is 0 Å². The van der Waals surface area contributed by atoms with Crippen LogP contribution in [0, 0.1) is 0 Å². The molecule has 0 radical (unpaired) electrons. The summed E-state index contributed by atoms with van der Waals surface area (Å²) in [6.45, 7) is 0. The summed E-state index contributed by atoms with van der Waals surface area (Å²) in [6, 6.07) is 41.3. The van der Waals surface area contributed by atoms with E-state index >= 15 is 0 Å². The SMILES string of the molecule is [CH3][Hf]([CH3])([CH]1C=Cc2ccccc21)([CH]1C=Cc2ccccc21)=[Si](c1ccccc1)c1ccccc1. The van der Waals surface area contributed by atoms with Gasteiger partial charge in [-0.15, -0.1) is 0 Å². The first-order valence-corrected chi connectivity index (χ1v) is 30.5. The van der Waals surface area contributed by atoms with Crippen molar-refractivity contribution in [2.75, 3.05) is 0 Å². The van der Waals surface area contributed by atoms with Crippen LogP contribution in [0.2, 0.25) is 9.36 Å². The van der Waals surface area contributed by atoms with E-state index < -0.39 is 22.6 Å². The van der Waals surface area contributed by atoms with Gasteiger partial charge in [0.15, 0.2) is 0 Å². The summed E-state index contributed by atoms with van der Waals surface area (Å²) in [5, 5.41) is 3.13. The van der Waals surface area contributed by atoms with Crippen LogP contribution in [0.5, 0.6) is 0 Å². The molecule has 0 N–H and O–H groups in total. The summed E-state index contributed by atoms with van der Waals surface area (Å²) in [7, 11) is 0. The van der Waals surface area contributed by atoms with Crippen LogP contribution < -0.4 is 10.4 Å². The monoisotopic (exact) mass is 622 g/mol. The Hall–Kier alpha value is -2.55. The quantitative estimate of drug-likeness (QED) is 0.213. The molecule has 0 fully saturated rings. The van der Waals surface area contributed by atoms with Crippen LogP contribution in [0.15, 0.2) is 121 Å². The van der Waals surface area contributed by atoms with Gasteiger partial charge in [0.2, 0.25) is 0 Å². The average molecular weight is 621 g/mol. The first-order valence-electron chi connectivity index (χ1n) is 12.3. The van der Waals surface area contributed by atoms with Gasteiger partial charge in [-0.1, -0.05) is 0 Å². The molecule has 0 heterocycles. The minimum absolute atomic E-state index is 0.517. The summed E-state index contributed by atoms with van der Waals surface area (Å²) >= 11 is -4.01. The summed E-state index contributed by atoms with van der Waals surface area (Å²) in [6.07, 6.45) is 9.99. The fraction of sp³-hybridized carbons (Fsp3) is 0.125. The van der Waals surface area contributed by atoms with Crippen molar-refractivity contribution in [3.05, 3.63) is 144 Å². The van der Waals surface area contributed by atoms with Crippen LogP contribution in [-0.4, -0.2) is 5.49 Å². The predicted octanol–water partition coefficient (Wildman–Crippen LogP) is 7.11. The zero-order valence-corrected chi connectivity index (χ0v) is 24.4. The van der Waals surface area contributed by atoms with Crippen molar-refractivity contribution >= 4 is 28.0 Å². The first kappa shape index (κ1) is 21.9. The van der Waals surface area contributed by atoms with Crippen LogP contribution in [0.25, 0.3) is 12.2 Å². The van der Waals surface area contributed by atoms with Crippen molar-refractivity contribution in [3.8, 4) is 0 Å². The summed E-state index contributed by atoms with van der Waals surface area (Å²) in [5.74, 6) is 0. The van der Waals surface area contributed by atoms with E-state index in [0.717, 1.165) is 0 Å².